The molecule has 2 fully saturated rings. The summed E-state index contributed by atoms with van der Waals surface area (Å²) in [4.78, 5) is 22.3. The molecule has 0 unspecified atom stereocenters. The smallest absolute Gasteiger partial charge is 0.257 e. The molecule has 0 spiro atoms. The topological polar surface area (TPSA) is 69.5 Å². The van der Waals surface area contributed by atoms with Crippen molar-refractivity contribution in [3.8, 4) is 0 Å². The molecule has 0 radical (unpaired) electrons. The highest BCUT2D eigenvalue weighted by molar-refractivity contribution is 5.95. The number of imidazole rings is 1. The number of nitrogens with one attached hydrogen (secondary N) is 1. The molecule has 0 saturated carbocycles. The molecule has 30 heavy (non-hydrogen) atoms. The molecule has 0 aliphatic carbocycles. The predicted octanol–water partition coefficient (Wildman–Crippen LogP) is 3.37. The highest BCUT2D eigenvalue weighted by atomic mass is 16.2. The van der Waals surface area contributed by atoms with E-state index < -0.39 is 0 Å². The van der Waals surface area contributed by atoms with Crippen molar-refractivity contribution in [2.75, 3.05) is 26.2 Å². The van der Waals surface area contributed by atoms with Crippen LogP contribution in [0.4, 0.5) is 0 Å². The average Bonchev–Trinajstić information content (AvgIpc) is 3.39. The predicted molar refractivity (Wildman–Crippen MR) is 116 cm³/mol. The lowest BCUT2D eigenvalue weighted by atomic mass is 9.92. The van der Waals surface area contributed by atoms with E-state index in [1.54, 1.807) is 6.20 Å². The van der Waals surface area contributed by atoms with E-state index in [2.05, 4.69) is 44.8 Å². The number of aromatic nitrogens is 4. The number of rotatable bonds is 4. The van der Waals surface area contributed by atoms with Gasteiger partial charge < -0.3 is 9.30 Å². The normalized spacial score (nSPS) is 20.7. The van der Waals surface area contributed by atoms with E-state index in [0.717, 1.165) is 81.0 Å². The van der Waals surface area contributed by atoms with Crippen molar-refractivity contribution in [2.24, 2.45) is 0 Å². The van der Waals surface area contributed by atoms with Crippen LogP contribution in [-0.4, -0.2) is 61.5 Å². The van der Waals surface area contributed by atoms with Gasteiger partial charge in [-0.1, -0.05) is 6.07 Å². The zero-order valence-corrected chi connectivity index (χ0v) is 17.7. The minimum absolute atomic E-state index is 0.146. The van der Waals surface area contributed by atoms with Gasteiger partial charge >= 0.3 is 0 Å². The van der Waals surface area contributed by atoms with Crippen LogP contribution in [0.3, 0.4) is 0 Å². The van der Waals surface area contributed by atoms with Gasteiger partial charge in [0.15, 0.2) is 0 Å². The SMILES string of the molecule is Cc1nc2ccccn2c1CN1CCC[C@H](c2[nH]ncc2C(=O)N2CCCCC2)C1. The van der Waals surface area contributed by atoms with E-state index in [1.165, 1.54) is 12.1 Å². The number of H-pyrrole nitrogens is 1. The summed E-state index contributed by atoms with van der Waals surface area (Å²) in [7, 11) is 0. The van der Waals surface area contributed by atoms with Gasteiger partial charge in [0.25, 0.3) is 5.91 Å². The van der Waals surface area contributed by atoms with Gasteiger partial charge in [-0.3, -0.25) is 14.8 Å². The van der Waals surface area contributed by atoms with E-state index in [9.17, 15) is 4.79 Å². The summed E-state index contributed by atoms with van der Waals surface area (Å²) in [6, 6.07) is 6.14. The first-order valence-corrected chi connectivity index (χ1v) is 11.2. The Morgan fingerprint density at radius 1 is 1.17 bits per heavy atom. The molecule has 5 rings (SSSR count). The number of carbonyl (C=O) groups excluding carboxylic acids is 1. The minimum atomic E-state index is 0.146. The number of pyridine rings is 1. The molecule has 7 heteroatoms. The number of carbonyl (C=O) groups is 1. The molecule has 2 aliphatic rings. The summed E-state index contributed by atoms with van der Waals surface area (Å²) in [5.74, 6) is 0.456. The molecule has 3 aromatic heterocycles. The number of fused-ring (bicyclic) bond motifs is 1. The molecule has 1 amide bonds. The van der Waals surface area contributed by atoms with Gasteiger partial charge in [0, 0.05) is 38.3 Å². The Labute approximate surface area is 177 Å². The lowest BCUT2D eigenvalue weighted by Gasteiger charge is -2.33. The fourth-order valence-electron chi connectivity index (χ4n) is 5.05. The zero-order chi connectivity index (χ0) is 20.5. The number of hydrogen-bond acceptors (Lipinski definition) is 4. The van der Waals surface area contributed by atoms with Gasteiger partial charge in [0.1, 0.15) is 5.65 Å². The molecule has 2 aliphatic heterocycles. The number of nitrogens with zero attached hydrogens (tertiary/aromatic N) is 5. The number of likely N-dealkylation sites (tertiary alicyclic amines) is 2. The maximum Gasteiger partial charge on any atom is 0.257 e. The fourth-order valence-corrected chi connectivity index (χ4v) is 5.05. The Bertz CT molecular complexity index is 1030. The molecule has 158 valence electrons. The first kappa shape index (κ1) is 19.3. The Morgan fingerprint density at radius 2 is 2.03 bits per heavy atom. The van der Waals surface area contributed by atoms with Gasteiger partial charge in [-0.2, -0.15) is 5.10 Å². The second kappa shape index (κ2) is 8.22. The second-order valence-corrected chi connectivity index (χ2v) is 8.70. The first-order valence-electron chi connectivity index (χ1n) is 11.2. The van der Waals surface area contributed by atoms with Crippen LogP contribution < -0.4 is 0 Å². The second-order valence-electron chi connectivity index (χ2n) is 8.70. The average molecular weight is 407 g/mol. The largest absolute Gasteiger partial charge is 0.339 e. The number of hydrogen-bond donors (Lipinski definition) is 1. The van der Waals surface area contributed by atoms with E-state index >= 15 is 0 Å². The van der Waals surface area contributed by atoms with Crippen LogP contribution in [0.5, 0.6) is 0 Å². The molecular weight excluding hydrogens is 376 g/mol. The summed E-state index contributed by atoms with van der Waals surface area (Å²) in [6.07, 6.45) is 9.48. The number of aromatic amines is 1. The van der Waals surface area contributed by atoms with E-state index in [-0.39, 0.29) is 5.91 Å². The fraction of sp³-hybridized carbons (Fsp3) is 0.522. The van der Waals surface area contributed by atoms with Crippen LogP contribution in [0.2, 0.25) is 0 Å². The molecular formula is C23H30N6O. The molecule has 1 atom stereocenters. The van der Waals surface area contributed by atoms with E-state index in [1.807, 2.05) is 11.0 Å². The summed E-state index contributed by atoms with van der Waals surface area (Å²) in [5, 5.41) is 7.44. The van der Waals surface area contributed by atoms with Gasteiger partial charge in [-0.25, -0.2) is 4.98 Å². The van der Waals surface area contributed by atoms with E-state index in [0.29, 0.717) is 5.92 Å². The minimum Gasteiger partial charge on any atom is -0.339 e. The lowest BCUT2D eigenvalue weighted by molar-refractivity contribution is 0.0721. The van der Waals surface area contributed by atoms with Crippen LogP contribution >= 0.6 is 0 Å². The maximum absolute atomic E-state index is 13.1. The van der Waals surface area contributed by atoms with Crippen LogP contribution in [0, 0.1) is 6.92 Å². The van der Waals surface area contributed by atoms with Crippen molar-refractivity contribution >= 4 is 11.6 Å². The Hall–Kier alpha value is -2.67. The van der Waals surface area contributed by atoms with Crippen molar-refractivity contribution in [2.45, 2.75) is 51.5 Å². The first-order chi connectivity index (χ1) is 14.7. The van der Waals surface area contributed by atoms with Crippen molar-refractivity contribution in [3.05, 3.63) is 53.2 Å². The Morgan fingerprint density at radius 3 is 2.90 bits per heavy atom. The van der Waals surface area contributed by atoms with Crippen molar-refractivity contribution in [3.63, 3.8) is 0 Å². The third-order valence-electron chi connectivity index (χ3n) is 6.66. The highest BCUT2D eigenvalue weighted by Gasteiger charge is 2.29. The molecule has 5 heterocycles. The molecule has 1 N–H and O–H groups in total. The van der Waals surface area contributed by atoms with E-state index in [4.69, 9.17) is 4.98 Å². The summed E-state index contributed by atoms with van der Waals surface area (Å²) in [5.41, 5.74) is 5.13. The number of aryl methyl sites for hydroxylation is 1. The van der Waals surface area contributed by atoms with Gasteiger partial charge in [0.05, 0.1) is 28.8 Å². The third-order valence-corrected chi connectivity index (χ3v) is 6.66. The molecule has 7 nitrogen and oxygen atoms in total. The lowest BCUT2D eigenvalue weighted by Crippen LogP contribution is -2.37. The summed E-state index contributed by atoms with van der Waals surface area (Å²) < 4.78 is 2.19. The van der Waals surface area contributed by atoms with Crippen LogP contribution in [-0.2, 0) is 6.54 Å². The maximum atomic E-state index is 13.1. The van der Waals surface area contributed by atoms with Crippen molar-refractivity contribution in [1.82, 2.24) is 29.4 Å². The molecule has 0 bridgehead atoms. The zero-order valence-electron chi connectivity index (χ0n) is 17.7. The van der Waals surface area contributed by atoms with Crippen LogP contribution in [0.15, 0.2) is 30.6 Å². The van der Waals surface area contributed by atoms with Crippen molar-refractivity contribution < 1.29 is 4.79 Å². The van der Waals surface area contributed by atoms with Crippen LogP contribution in [0.1, 0.15) is 65.5 Å². The Balaban J connectivity index is 1.33. The summed E-state index contributed by atoms with van der Waals surface area (Å²) in [6.45, 7) is 6.70. The quantitative estimate of drug-likeness (QED) is 0.721. The standard InChI is InChI=1S/C23H30N6O/c1-17-20(29-13-6-3-9-21(29)25-17)16-27-10-7-8-18(15-27)22-19(14-24-26-22)23(30)28-11-4-2-5-12-28/h3,6,9,13-14,18H,2,4-5,7-8,10-12,15-16H2,1H3,(H,24,26)/t18-/m0/s1. The summed E-state index contributed by atoms with van der Waals surface area (Å²) >= 11 is 0. The Kier molecular flexibility index (Phi) is 5.29. The number of piperidine rings is 2. The molecule has 2 saturated heterocycles. The van der Waals surface area contributed by atoms with Gasteiger partial charge in [-0.15, -0.1) is 0 Å². The molecule has 0 aromatic carbocycles. The highest BCUT2D eigenvalue weighted by Crippen LogP contribution is 2.30. The third kappa shape index (κ3) is 3.62. The number of amides is 1. The van der Waals surface area contributed by atoms with Gasteiger partial charge in [0.2, 0.25) is 0 Å². The van der Waals surface area contributed by atoms with Gasteiger partial charge in [-0.05, 0) is 57.7 Å². The monoisotopic (exact) mass is 406 g/mol. The molecule has 3 aromatic rings. The van der Waals surface area contributed by atoms with Crippen LogP contribution in [0.25, 0.3) is 5.65 Å². The van der Waals surface area contributed by atoms with Crippen molar-refractivity contribution in [1.29, 1.82) is 0 Å².